The van der Waals surface area contributed by atoms with Crippen LogP contribution in [-0.2, 0) is 19.9 Å². The molecule has 0 bridgehead atoms. The molecular weight excluding hydrogens is 455 g/mol. The Labute approximate surface area is 183 Å². The number of amides is 2. The van der Waals surface area contributed by atoms with Gasteiger partial charge in [0.15, 0.2) is 28.8 Å². The maximum absolute atomic E-state index is 14.1. The van der Waals surface area contributed by atoms with E-state index in [0.717, 1.165) is 0 Å². The highest BCUT2D eigenvalue weighted by Gasteiger charge is 2.45. The third kappa shape index (κ3) is 5.25. The van der Waals surface area contributed by atoms with Crippen LogP contribution < -0.4 is 16.4 Å². The Kier molecular flexibility index (Phi) is 7.36. The number of benzene rings is 2. The molecule has 0 aromatic heterocycles. The number of carbonyl (C=O) groups is 3. The smallest absolute Gasteiger partial charge is 0.334 e. The van der Waals surface area contributed by atoms with E-state index in [2.05, 4.69) is 5.32 Å². The largest absolute Gasteiger partial charge is 0.479 e. The molecule has 0 aliphatic rings. The summed E-state index contributed by atoms with van der Waals surface area (Å²) in [5.74, 6) is -16.3. The van der Waals surface area contributed by atoms with Crippen LogP contribution in [0.4, 0.5) is 27.6 Å². The number of nitrogens with two attached hydrogens (primary N) is 1. The van der Waals surface area contributed by atoms with Crippen molar-refractivity contribution in [2.24, 2.45) is 5.73 Å². The van der Waals surface area contributed by atoms with Gasteiger partial charge in [0.1, 0.15) is 5.84 Å². The molecule has 0 aliphatic heterocycles. The quantitative estimate of drug-likeness (QED) is 0.132. The molecule has 0 aliphatic carbocycles. The second-order valence-corrected chi connectivity index (χ2v) is 6.96. The van der Waals surface area contributed by atoms with Crippen molar-refractivity contribution in [3.63, 3.8) is 0 Å². The number of aliphatic carboxylic acids is 1. The molecule has 33 heavy (non-hydrogen) atoms. The summed E-state index contributed by atoms with van der Waals surface area (Å²) in [6.07, 6.45) is -1.18. The maximum atomic E-state index is 14.1. The van der Waals surface area contributed by atoms with E-state index in [1.54, 1.807) is 5.32 Å². The fourth-order valence-electron chi connectivity index (χ4n) is 2.79. The zero-order chi connectivity index (χ0) is 25.1. The SMILES string of the molecule is CC(NC(=O)CCC(=O)Nc1ccc(C(=N)N)cc1)(C(=O)O)c1c(F)c(F)c(F)c(F)c1F. The van der Waals surface area contributed by atoms with Gasteiger partial charge in [-0.3, -0.25) is 15.0 Å². The second kappa shape index (κ2) is 9.63. The number of amidine groups is 1. The molecule has 6 N–H and O–H groups in total. The fraction of sp³-hybridized carbons (Fsp3) is 0.200. The molecule has 0 saturated carbocycles. The summed E-state index contributed by atoms with van der Waals surface area (Å²) in [6.45, 7) is 0.544. The Balaban J connectivity index is 2.14. The molecule has 0 fully saturated rings. The monoisotopic (exact) mass is 472 g/mol. The maximum Gasteiger partial charge on any atom is 0.334 e. The molecule has 176 valence electrons. The Morgan fingerprint density at radius 1 is 0.909 bits per heavy atom. The van der Waals surface area contributed by atoms with Gasteiger partial charge in [0, 0.05) is 24.1 Å². The standard InChI is InChI=1S/C20H17F5N4O4/c1-20(19(32)33,12-13(21)15(23)17(25)16(24)14(12)22)29-11(31)7-6-10(30)28-9-4-2-8(3-5-9)18(26)27/h2-5H,6-7H2,1H3,(H3,26,27)(H,28,30)(H,29,31)(H,32,33). The molecule has 0 saturated heterocycles. The lowest BCUT2D eigenvalue weighted by Crippen LogP contribution is -2.51. The molecule has 0 radical (unpaired) electrons. The number of anilines is 1. The molecule has 0 spiro atoms. The predicted octanol–water partition coefficient (Wildman–Crippen LogP) is 2.50. The molecule has 1 atom stereocenters. The number of carbonyl (C=O) groups excluding carboxylic acids is 2. The normalized spacial score (nSPS) is 12.5. The first-order valence-corrected chi connectivity index (χ1v) is 9.10. The van der Waals surface area contributed by atoms with Crippen LogP contribution in [0, 0.1) is 34.5 Å². The Morgan fingerprint density at radius 2 is 1.36 bits per heavy atom. The summed E-state index contributed by atoms with van der Waals surface area (Å²) in [7, 11) is 0. The average molecular weight is 472 g/mol. The van der Waals surface area contributed by atoms with Gasteiger partial charge in [-0.25, -0.2) is 26.7 Å². The fourth-order valence-corrected chi connectivity index (χ4v) is 2.79. The zero-order valence-electron chi connectivity index (χ0n) is 16.9. The summed E-state index contributed by atoms with van der Waals surface area (Å²) >= 11 is 0. The molecule has 13 heteroatoms. The van der Waals surface area contributed by atoms with Crippen LogP contribution in [0.15, 0.2) is 24.3 Å². The number of nitrogen functional groups attached to an aromatic ring is 1. The minimum Gasteiger partial charge on any atom is -0.479 e. The van der Waals surface area contributed by atoms with Crippen molar-refractivity contribution < 1.29 is 41.4 Å². The number of hydrogen-bond acceptors (Lipinski definition) is 4. The van der Waals surface area contributed by atoms with Gasteiger partial charge in [0.25, 0.3) is 0 Å². The van der Waals surface area contributed by atoms with Crippen LogP contribution in [0.2, 0.25) is 0 Å². The first-order valence-electron chi connectivity index (χ1n) is 9.10. The van der Waals surface area contributed by atoms with Gasteiger partial charge in [-0.1, -0.05) is 0 Å². The van der Waals surface area contributed by atoms with Crippen molar-refractivity contribution in [1.82, 2.24) is 5.32 Å². The second-order valence-electron chi connectivity index (χ2n) is 6.96. The van der Waals surface area contributed by atoms with Crippen LogP contribution in [-0.4, -0.2) is 28.7 Å². The molecule has 2 aromatic carbocycles. The van der Waals surface area contributed by atoms with Gasteiger partial charge in [-0.05, 0) is 31.2 Å². The molecule has 1 unspecified atom stereocenters. The van der Waals surface area contributed by atoms with E-state index in [1.165, 1.54) is 24.3 Å². The number of hydrogen-bond donors (Lipinski definition) is 5. The zero-order valence-corrected chi connectivity index (χ0v) is 16.9. The summed E-state index contributed by atoms with van der Waals surface area (Å²) in [5, 5.41) is 20.8. The summed E-state index contributed by atoms with van der Waals surface area (Å²) < 4.78 is 68.6. The first-order chi connectivity index (χ1) is 15.3. The van der Waals surface area contributed by atoms with Gasteiger partial charge in [0.05, 0.1) is 5.56 Å². The molecule has 2 rings (SSSR count). The summed E-state index contributed by atoms with van der Waals surface area (Å²) in [5.41, 5.74) is 1.21. The van der Waals surface area contributed by atoms with Gasteiger partial charge in [0.2, 0.25) is 17.6 Å². The molecule has 2 amide bonds. The van der Waals surface area contributed by atoms with E-state index in [-0.39, 0.29) is 5.84 Å². The lowest BCUT2D eigenvalue weighted by atomic mass is 9.90. The van der Waals surface area contributed by atoms with Crippen LogP contribution in [0.1, 0.15) is 30.9 Å². The lowest BCUT2D eigenvalue weighted by Gasteiger charge is -2.28. The number of nitrogens with one attached hydrogen (secondary N) is 3. The van der Waals surface area contributed by atoms with E-state index in [1.807, 2.05) is 0 Å². The average Bonchev–Trinajstić information content (AvgIpc) is 2.75. The number of halogens is 5. The van der Waals surface area contributed by atoms with E-state index < -0.39 is 70.8 Å². The van der Waals surface area contributed by atoms with Crippen molar-refractivity contribution in [1.29, 1.82) is 5.41 Å². The number of carboxylic acid groups (broad SMARTS) is 1. The van der Waals surface area contributed by atoms with Crippen molar-refractivity contribution in [3.05, 3.63) is 64.5 Å². The van der Waals surface area contributed by atoms with Gasteiger partial charge >= 0.3 is 5.97 Å². The van der Waals surface area contributed by atoms with E-state index in [4.69, 9.17) is 11.1 Å². The highest BCUT2D eigenvalue weighted by molar-refractivity contribution is 5.97. The molecule has 2 aromatic rings. The van der Waals surface area contributed by atoms with Crippen molar-refractivity contribution in [2.45, 2.75) is 25.3 Å². The van der Waals surface area contributed by atoms with Gasteiger partial charge in [-0.15, -0.1) is 0 Å². The Bertz CT molecular complexity index is 1110. The van der Waals surface area contributed by atoms with Crippen molar-refractivity contribution in [3.8, 4) is 0 Å². The van der Waals surface area contributed by atoms with Crippen LogP contribution in [0.3, 0.4) is 0 Å². The molecule has 8 nitrogen and oxygen atoms in total. The van der Waals surface area contributed by atoms with Gasteiger partial charge in [-0.2, -0.15) is 0 Å². The molecular formula is C20H17F5N4O4. The Morgan fingerprint density at radius 3 is 1.82 bits per heavy atom. The van der Waals surface area contributed by atoms with Crippen molar-refractivity contribution in [2.75, 3.05) is 5.32 Å². The highest BCUT2D eigenvalue weighted by Crippen LogP contribution is 2.32. The topological polar surface area (TPSA) is 145 Å². The van der Waals surface area contributed by atoms with Crippen LogP contribution in [0.5, 0.6) is 0 Å². The minimum atomic E-state index is -3.03. The minimum absolute atomic E-state index is 0.195. The highest BCUT2D eigenvalue weighted by atomic mass is 19.2. The third-order valence-corrected chi connectivity index (χ3v) is 4.59. The van der Waals surface area contributed by atoms with E-state index in [0.29, 0.717) is 18.2 Å². The van der Waals surface area contributed by atoms with E-state index in [9.17, 15) is 41.4 Å². The van der Waals surface area contributed by atoms with E-state index >= 15 is 0 Å². The predicted molar refractivity (Wildman–Crippen MR) is 105 cm³/mol. The van der Waals surface area contributed by atoms with Crippen LogP contribution in [0.25, 0.3) is 0 Å². The van der Waals surface area contributed by atoms with Crippen LogP contribution >= 0.6 is 0 Å². The molecule has 0 heterocycles. The third-order valence-electron chi connectivity index (χ3n) is 4.59. The first kappa shape index (κ1) is 25.2. The summed E-state index contributed by atoms with van der Waals surface area (Å²) in [4.78, 5) is 35.8. The van der Waals surface area contributed by atoms with Crippen molar-refractivity contribution >= 4 is 29.3 Å². The number of carboxylic acids is 1. The number of rotatable bonds is 8. The Hall–Kier alpha value is -4.03. The van der Waals surface area contributed by atoms with Gasteiger partial charge < -0.3 is 21.5 Å². The summed E-state index contributed by atoms with van der Waals surface area (Å²) in [6, 6.07) is 5.76. The lowest BCUT2D eigenvalue weighted by molar-refractivity contribution is -0.147.